The van der Waals surface area contributed by atoms with Crippen molar-refractivity contribution >= 4 is 29.2 Å². The van der Waals surface area contributed by atoms with Gasteiger partial charge in [-0.05, 0) is 36.3 Å². The van der Waals surface area contributed by atoms with E-state index in [1.54, 1.807) is 16.2 Å². The predicted octanol–water partition coefficient (Wildman–Crippen LogP) is 2.39. The zero-order chi connectivity index (χ0) is 25.8. The number of rotatable bonds is 8. The second kappa shape index (κ2) is 11.3. The van der Waals surface area contributed by atoms with Crippen molar-refractivity contribution in [1.82, 2.24) is 20.0 Å². The molecule has 3 aliphatic heterocycles. The van der Waals surface area contributed by atoms with Crippen LogP contribution in [0.3, 0.4) is 0 Å². The first-order chi connectivity index (χ1) is 18.0. The van der Waals surface area contributed by atoms with Gasteiger partial charge in [0.2, 0.25) is 11.8 Å². The minimum atomic E-state index is -0.827. The molecule has 1 N–H and O–H groups in total. The number of carbonyl (C=O) groups excluding carboxylic acids is 3. The standard InChI is InChI=1S/C27H31N5O4S/c28-14-20-8-4-10-31(20)26(34)24(29-27(35)36-18-19-6-2-1-3-7-19)17-30-15-22-12-21(30)16-32(22)25(33)13-23-9-5-11-37-23/h1-3,5-7,9,11,20-22,24H,4,8,10,12-13,15-18H2,(H,29,35)/t20-,21+,22+,24-/m0/s1. The summed E-state index contributed by atoms with van der Waals surface area (Å²) in [6.07, 6.45) is 2.03. The van der Waals surface area contributed by atoms with Gasteiger partial charge < -0.3 is 19.9 Å². The Hall–Kier alpha value is -3.42. The van der Waals surface area contributed by atoms with Crippen molar-refractivity contribution in [2.24, 2.45) is 0 Å². The summed E-state index contributed by atoms with van der Waals surface area (Å²) in [5.74, 6) is -0.118. The van der Waals surface area contributed by atoms with Crippen molar-refractivity contribution in [3.8, 4) is 6.07 Å². The normalized spacial score (nSPS) is 23.6. The van der Waals surface area contributed by atoms with Crippen LogP contribution in [0.5, 0.6) is 0 Å². The van der Waals surface area contributed by atoms with E-state index in [9.17, 15) is 19.6 Å². The predicted molar refractivity (Wildman–Crippen MR) is 137 cm³/mol. The zero-order valence-electron chi connectivity index (χ0n) is 20.6. The lowest BCUT2D eigenvalue weighted by Crippen LogP contribution is -2.58. The summed E-state index contributed by atoms with van der Waals surface area (Å²) in [5, 5.41) is 14.3. The van der Waals surface area contributed by atoms with E-state index < -0.39 is 18.2 Å². The SMILES string of the molecule is N#C[C@@H]1CCCN1C(=O)[C@H](CN1C[C@H]2C[C@@H]1CN2C(=O)Cc1cccs1)NC(=O)OCc1ccccc1. The highest BCUT2D eigenvalue weighted by atomic mass is 32.1. The van der Waals surface area contributed by atoms with E-state index in [-0.39, 0.29) is 30.5 Å². The second-order valence-corrected chi connectivity index (χ2v) is 10.9. The van der Waals surface area contributed by atoms with Gasteiger partial charge in [-0.25, -0.2) is 4.79 Å². The number of hydrogen-bond acceptors (Lipinski definition) is 7. The van der Waals surface area contributed by atoms with Crippen molar-refractivity contribution in [2.75, 3.05) is 26.2 Å². The van der Waals surface area contributed by atoms with Gasteiger partial charge in [0, 0.05) is 43.1 Å². The second-order valence-electron chi connectivity index (χ2n) is 9.88. The van der Waals surface area contributed by atoms with Crippen molar-refractivity contribution in [2.45, 2.75) is 56.5 Å². The van der Waals surface area contributed by atoms with E-state index in [2.05, 4.69) is 16.3 Å². The van der Waals surface area contributed by atoms with Gasteiger partial charge >= 0.3 is 6.09 Å². The van der Waals surface area contributed by atoms with Crippen LogP contribution in [0.2, 0.25) is 0 Å². The Kier molecular flexibility index (Phi) is 7.72. The van der Waals surface area contributed by atoms with E-state index in [4.69, 9.17) is 4.74 Å². The molecule has 3 fully saturated rings. The van der Waals surface area contributed by atoms with Crippen LogP contribution in [-0.2, 0) is 27.4 Å². The summed E-state index contributed by atoms with van der Waals surface area (Å²) >= 11 is 1.59. The van der Waals surface area contributed by atoms with Crippen molar-refractivity contribution in [3.63, 3.8) is 0 Å². The average Bonchev–Trinajstić information content (AvgIpc) is 3.72. The number of nitrogens with zero attached hydrogens (tertiary/aromatic N) is 4. The van der Waals surface area contributed by atoms with E-state index in [0.717, 1.165) is 23.3 Å². The molecule has 194 valence electrons. The molecule has 0 radical (unpaired) electrons. The molecule has 37 heavy (non-hydrogen) atoms. The molecular formula is C27H31N5O4S. The van der Waals surface area contributed by atoms with Gasteiger partial charge in [-0.1, -0.05) is 36.4 Å². The molecule has 2 bridgehead atoms. The Labute approximate surface area is 220 Å². The van der Waals surface area contributed by atoms with Crippen LogP contribution < -0.4 is 5.32 Å². The molecule has 0 aliphatic carbocycles. The third-order valence-corrected chi connectivity index (χ3v) is 8.36. The fourth-order valence-corrected chi connectivity index (χ4v) is 6.33. The summed E-state index contributed by atoms with van der Waals surface area (Å²) in [7, 11) is 0. The summed E-state index contributed by atoms with van der Waals surface area (Å²) in [5.41, 5.74) is 0.855. The molecule has 10 heteroatoms. The van der Waals surface area contributed by atoms with Crippen LogP contribution in [0.15, 0.2) is 47.8 Å². The van der Waals surface area contributed by atoms with Crippen LogP contribution in [0.1, 0.15) is 29.7 Å². The molecule has 4 heterocycles. The molecule has 3 amide bonds. The summed E-state index contributed by atoms with van der Waals surface area (Å²) in [6.45, 7) is 2.22. The number of amides is 3. The molecule has 0 unspecified atom stereocenters. The fraction of sp³-hybridized carbons (Fsp3) is 0.481. The number of nitrogens with one attached hydrogen (secondary N) is 1. The van der Waals surface area contributed by atoms with Crippen molar-refractivity contribution in [3.05, 3.63) is 58.3 Å². The minimum absolute atomic E-state index is 0.105. The largest absolute Gasteiger partial charge is 0.445 e. The number of likely N-dealkylation sites (tertiary alicyclic amines) is 3. The topological polar surface area (TPSA) is 106 Å². The maximum absolute atomic E-state index is 13.5. The molecule has 5 rings (SSSR count). The molecule has 9 nitrogen and oxygen atoms in total. The Morgan fingerprint density at radius 1 is 1.11 bits per heavy atom. The van der Waals surface area contributed by atoms with Gasteiger partial charge in [0.1, 0.15) is 18.7 Å². The molecule has 0 spiro atoms. The van der Waals surface area contributed by atoms with Gasteiger partial charge in [-0.15, -0.1) is 11.3 Å². The van der Waals surface area contributed by atoms with E-state index in [1.807, 2.05) is 52.7 Å². The summed E-state index contributed by atoms with van der Waals surface area (Å²) in [6, 6.07) is 14.5. The fourth-order valence-electron chi connectivity index (χ4n) is 5.63. The molecule has 3 aliphatic rings. The number of benzene rings is 1. The number of alkyl carbamates (subject to hydrolysis) is 1. The first kappa shape index (κ1) is 25.2. The number of thiophene rings is 1. The highest BCUT2D eigenvalue weighted by Crippen LogP contribution is 2.32. The summed E-state index contributed by atoms with van der Waals surface area (Å²) < 4.78 is 5.39. The lowest BCUT2D eigenvalue weighted by Gasteiger charge is -2.36. The third kappa shape index (κ3) is 5.78. The molecule has 1 aromatic heterocycles. The molecule has 4 atom stereocenters. The van der Waals surface area contributed by atoms with E-state index in [0.29, 0.717) is 39.0 Å². The highest BCUT2D eigenvalue weighted by Gasteiger charge is 2.46. The highest BCUT2D eigenvalue weighted by molar-refractivity contribution is 7.10. The number of carbonyl (C=O) groups is 3. The van der Waals surface area contributed by atoms with Crippen LogP contribution in [0.4, 0.5) is 4.79 Å². The average molecular weight is 522 g/mol. The lowest BCUT2D eigenvalue weighted by atomic mass is 10.1. The first-order valence-corrected chi connectivity index (χ1v) is 13.6. The molecule has 1 aromatic carbocycles. The van der Waals surface area contributed by atoms with E-state index in [1.165, 1.54) is 0 Å². The number of ether oxygens (including phenoxy) is 1. The van der Waals surface area contributed by atoms with Gasteiger partial charge in [-0.2, -0.15) is 5.26 Å². The van der Waals surface area contributed by atoms with Crippen molar-refractivity contribution < 1.29 is 19.1 Å². The Morgan fingerprint density at radius 2 is 1.95 bits per heavy atom. The minimum Gasteiger partial charge on any atom is -0.445 e. The molecular weight excluding hydrogens is 490 g/mol. The quantitative estimate of drug-likeness (QED) is 0.572. The smallest absolute Gasteiger partial charge is 0.408 e. The Morgan fingerprint density at radius 3 is 2.65 bits per heavy atom. The Balaban J connectivity index is 1.21. The maximum Gasteiger partial charge on any atom is 0.408 e. The van der Waals surface area contributed by atoms with Crippen LogP contribution >= 0.6 is 11.3 Å². The maximum atomic E-state index is 13.5. The molecule has 3 saturated heterocycles. The van der Waals surface area contributed by atoms with Crippen LogP contribution in [0, 0.1) is 11.3 Å². The van der Waals surface area contributed by atoms with Crippen molar-refractivity contribution in [1.29, 1.82) is 5.26 Å². The van der Waals surface area contributed by atoms with Gasteiger partial charge in [0.15, 0.2) is 0 Å². The number of piperazine rings is 1. The molecule has 2 aromatic rings. The molecule has 0 saturated carbocycles. The number of nitriles is 1. The lowest BCUT2D eigenvalue weighted by molar-refractivity contribution is -0.135. The first-order valence-electron chi connectivity index (χ1n) is 12.7. The monoisotopic (exact) mass is 521 g/mol. The number of fused-ring (bicyclic) bond motifs is 2. The van der Waals surface area contributed by atoms with Gasteiger partial charge in [0.05, 0.1) is 12.5 Å². The summed E-state index contributed by atoms with van der Waals surface area (Å²) in [4.78, 5) is 45.8. The zero-order valence-corrected chi connectivity index (χ0v) is 21.4. The van der Waals surface area contributed by atoms with Gasteiger partial charge in [0.25, 0.3) is 0 Å². The number of hydrogen-bond donors (Lipinski definition) is 1. The Bertz CT molecular complexity index is 1150. The van der Waals surface area contributed by atoms with Crippen LogP contribution in [0.25, 0.3) is 0 Å². The third-order valence-electron chi connectivity index (χ3n) is 7.48. The van der Waals surface area contributed by atoms with E-state index >= 15 is 0 Å². The van der Waals surface area contributed by atoms with Crippen LogP contribution in [-0.4, -0.2) is 83.0 Å². The van der Waals surface area contributed by atoms with Gasteiger partial charge in [-0.3, -0.25) is 14.5 Å².